The molecule has 0 spiro atoms. The van der Waals surface area contributed by atoms with Crippen molar-refractivity contribution in [1.29, 1.82) is 0 Å². The molecule has 1 atom stereocenters. The molecule has 1 aromatic heterocycles. The summed E-state index contributed by atoms with van der Waals surface area (Å²) >= 11 is 0. The van der Waals surface area contributed by atoms with Gasteiger partial charge in [-0.05, 0) is 48.9 Å². The summed E-state index contributed by atoms with van der Waals surface area (Å²) in [6.45, 7) is 2.22. The van der Waals surface area contributed by atoms with Gasteiger partial charge in [0.05, 0.1) is 11.9 Å². The van der Waals surface area contributed by atoms with Crippen LogP contribution in [-0.4, -0.2) is 23.3 Å². The first-order valence-corrected chi connectivity index (χ1v) is 9.41. The van der Waals surface area contributed by atoms with Crippen LogP contribution in [0, 0.1) is 0 Å². The van der Waals surface area contributed by atoms with Gasteiger partial charge in [-0.2, -0.15) is 0 Å². The van der Waals surface area contributed by atoms with E-state index in [1.54, 1.807) is 48.8 Å². The average Bonchev–Trinajstić information content (AvgIpc) is 2.75. The van der Waals surface area contributed by atoms with Crippen molar-refractivity contribution < 1.29 is 14.3 Å². The van der Waals surface area contributed by atoms with Crippen LogP contribution in [0.2, 0.25) is 0 Å². The summed E-state index contributed by atoms with van der Waals surface area (Å²) in [5, 5.41) is 5.47. The molecule has 0 saturated heterocycles. The smallest absolute Gasteiger partial charge is 0.251 e. The maximum atomic E-state index is 12.2. The quantitative estimate of drug-likeness (QED) is 0.611. The number of aromatic nitrogens is 1. The van der Waals surface area contributed by atoms with E-state index in [4.69, 9.17) is 4.74 Å². The summed E-state index contributed by atoms with van der Waals surface area (Å²) in [5.74, 6) is 0.271. The van der Waals surface area contributed by atoms with E-state index in [9.17, 15) is 9.59 Å². The third kappa shape index (κ3) is 6.17. The van der Waals surface area contributed by atoms with Crippen LogP contribution in [0.3, 0.4) is 0 Å². The Morgan fingerprint density at radius 1 is 1.00 bits per heavy atom. The maximum absolute atomic E-state index is 12.2. The Bertz CT molecular complexity index is 929. The molecule has 3 aromatic rings. The highest BCUT2D eigenvalue weighted by Gasteiger charge is 2.10. The van der Waals surface area contributed by atoms with Crippen molar-refractivity contribution in [3.8, 4) is 5.75 Å². The summed E-state index contributed by atoms with van der Waals surface area (Å²) in [7, 11) is 0. The van der Waals surface area contributed by atoms with E-state index in [1.807, 2.05) is 37.3 Å². The van der Waals surface area contributed by atoms with Crippen LogP contribution in [0.5, 0.6) is 5.75 Å². The standard InChI is InChI=1S/C23H23N3O3/c1-17(18-6-3-2-4-7-18)29-21-11-9-19(10-12-21)23(28)25-15-13-22(27)26-20-8-5-14-24-16-20/h2-12,14,16-17H,13,15H2,1H3,(H,25,28)(H,26,27)/t17-/m0/s1. The largest absolute Gasteiger partial charge is 0.486 e. The van der Waals surface area contributed by atoms with E-state index >= 15 is 0 Å². The van der Waals surface area contributed by atoms with Crippen molar-refractivity contribution in [3.05, 3.63) is 90.3 Å². The molecule has 0 unspecified atom stereocenters. The number of rotatable bonds is 8. The van der Waals surface area contributed by atoms with Crippen LogP contribution in [0.25, 0.3) is 0 Å². The van der Waals surface area contributed by atoms with Crippen molar-refractivity contribution in [2.75, 3.05) is 11.9 Å². The Kier molecular flexibility index (Phi) is 6.95. The molecule has 0 aliphatic rings. The zero-order valence-electron chi connectivity index (χ0n) is 16.2. The highest BCUT2D eigenvalue weighted by Crippen LogP contribution is 2.21. The molecule has 0 radical (unpaired) electrons. The molecular weight excluding hydrogens is 366 g/mol. The zero-order chi connectivity index (χ0) is 20.5. The van der Waals surface area contributed by atoms with Crippen LogP contribution in [0.15, 0.2) is 79.1 Å². The third-order valence-corrected chi connectivity index (χ3v) is 4.28. The SMILES string of the molecule is C[C@H](Oc1ccc(C(=O)NCCC(=O)Nc2cccnc2)cc1)c1ccccc1. The number of ether oxygens (including phenoxy) is 1. The summed E-state index contributed by atoms with van der Waals surface area (Å²) in [6.07, 6.45) is 3.29. The molecule has 2 amide bonds. The lowest BCUT2D eigenvalue weighted by Crippen LogP contribution is -2.27. The van der Waals surface area contributed by atoms with E-state index < -0.39 is 0 Å². The van der Waals surface area contributed by atoms with Gasteiger partial charge in [0.15, 0.2) is 0 Å². The number of anilines is 1. The number of hydrogen-bond acceptors (Lipinski definition) is 4. The number of benzene rings is 2. The van der Waals surface area contributed by atoms with E-state index in [-0.39, 0.29) is 30.9 Å². The molecule has 1 heterocycles. The fourth-order valence-corrected chi connectivity index (χ4v) is 2.73. The van der Waals surface area contributed by atoms with E-state index in [2.05, 4.69) is 15.6 Å². The second kappa shape index (κ2) is 10.0. The maximum Gasteiger partial charge on any atom is 0.251 e. The fraction of sp³-hybridized carbons (Fsp3) is 0.174. The minimum atomic E-state index is -0.234. The lowest BCUT2D eigenvalue weighted by atomic mass is 10.1. The third-order valence-electron chi connectivity index (χ3n) is 4.28. The topological polar surface area (TPSA) is 80.3 Å². The molecule has 3 rings (SSSR count). The Hall–Kier alpha value is -3.67. The van der Waals surface area contributed by atoms with Crippen molar-refractivity contribution >= 4 is 17.5 Å². The Labute approximate surface area is 169 Å². The molecule has 2 N–H and O–H groups in total. The van der Waals surface area contributed by atoms with Crippen LogP contribution in [-0.2, 0) is 4.79 Å². The molecule has 6 nitrogen and oxygen atoms in total. The molecule has 0 saturated carbocycles. The predicted octanol–water partition coefficient (Wildman–Crippen LogP) is 3.98. The molecule has 0 aliphatic heterocycles. The van der Waals surface area contributed by atoms with E-state index in [0.717, 1.165) is 5.56 Å². The normalized spacial score (nSPS) is 11.3. The summed E-state index contributed by atoms with van der Waals surface area (Å²) in [6, 6.07) is 20.4. The Morgan fingerprint density at radius 2 is 1.76 bits per heavy atom. The Morgan fingerprint density at radius 3 is 2.45 bits per heavy atom. The second-order valence-corrected chi connectivity index (χ2v) is 6.49. The highest BCUT2D eigenvalue weighted by molar-refractivity contribution is 5.95. The minimum absolute atomic E-state index is 0.0887. The van der Waals surface area contributed by atoms with Gasteiger partial charge in [0.2, 0.25) is 5.91 Å². The average molecular weight is 389 g/mol. The first-order valence-electron chi connectivity index (χ1n) is 9.41. The molecule has 29 heavy (non-hydrogen) atoms. The molecule has 0 aliphatic carbocycles. The van der Waals surface area contributed by atoms with Crippen molar-refractivity contribution in [2.24, 2.45) is 0 Å². The van der Waals surface area contributed by atoms with Gasteiger partial charge in [0.1, 0.15) is 11.9 Å². The van der Waals surface area contributed by atoms with Gasteiger partial charge in [-0.3, -0.25) is 14.6 Å². The van der Waals surface area contributed by atoms with Gasteiger partial charge in [0, 0.05) is 24.7 Å². The van der Waals surface area contributed by atoms with Crippen molar-refractivity contribution in [2.45, 2.75) is 19.4 Å². The molecule has 2 aromatic carbocycles. The number of nitrogens with one attached hydrogen (secondary N) is 2. The summed E-state index contributed by atoms with van der Waals surface area (Å²) in [5.41, 5.74) is 2.22. The number of hydrogen-bond donors (Lipinski definition) is 2. The van der Waals surface area contributed by atoms with Crippen LogP contribution < -0.4 is 15.4 Å². The number of nitrogens with zero attached hydrogens (tertiary/aromatic N) is 1. The zero-order valence-corrected chi connectivity index (χ0v) is 16.2. The number of carbonyl (C=O) groups is 2. The van der Waals surface area contributed by atoms with Gasteiger partial charge >= 0.3 is 0 Å². The lowest BCUT2D eigenvalue weighted by Gasteiger charge is -2.15. The van der Waals surface area contributed by atoms with Gasteiger partial charge < -0.3 is 15.4 Å². The van der Waals surface area contributed by atoms with Gasteiger partial charge in [-0.1, -0.05) is 30.3 Å². The van der Waals surface area contributed by atoms with E-state index in [0.29, 0.717) is 17.0 Å². The second-order valence-electron chi connectivity index (χ2n) is 6.49. The van der Waals surface area contributed by atoms with Crippen LogP contribution >= 0.6 is 0 Å². The van der Waals surface area contributed by atoms with Crippen LogP contribution in [0.4, 0.5) is 5.69 Å². The predicted molar refractivity (Wildman–Crippen MR) is 112 cm³/mol. The van der Waals surface area contributed by atoms with E-state index in [1.165, 1.54) is 0 Å². The summed E-state index contributed by atoms with van der Waals surface area (Å²) < 4.78 is 5.91. The molecule has 6 heteroatoms. The minimum Gasteiger partial charge on any atom is -0.486 e. The molecule has 148 valence electrons. The molecule has 0 fully saturated rings. The van der Waals surface area contributed by atoms with Gasteiger partial charge in [0.25, 0.3) is 5.91 Å². The highest BCUT2D eigenvalue weighted by atomic mass is 16.5. The molecule has 0 bridgehead atoms. The number of carbonyl (C=O) groups excluding carboxylic acids is 2. The number of amides is 2. The van der Waals surface area contributed by atoms with Crippen molar-refractivity contribution in [1.82, 2.24) is 10.3 Å². The first-order chi connectivity index (χ1) is 14.1. The monoisotopic (exact) mass is 389 g/mol. The molecular formula is C23H23N3O3. The van der Waals surface area contributed by atoms with Crippen LogP contribution in [0.1, 0.15) is 35.4 Å². The van der Waals surface area contributed by atoms with Gasteiger partial charge in [-0.25, -0.2) is 0 Å². The lowest BCUT2D eigenvalue weighted by molar-refractivity contribution is -0.116. The van der Waals surface area contributed by atoms with Crippen molar-refractivity contribution in [3.63, 3.8) is 0 Å². The number of pyridine rings is 1. The fourth-order valence-electron chi connectivity index (χ4n) is 2.73. The van der Waals surface area contributed by atoms with Gasteiger partial charge in [-0.15, -0.1) is 0 Å². The Balaban J connectivity index is 1.44. The summed E-state index contributed by atoms with van der Waals surface area (Å²) in [4.78, 5) is 28.1. The first kappa shape index (κ1) is 20.1.